The third-order valence-electron chi connectivity index (χ3n) is 6.15. The molecular weight excluding hydrogens is 371 g/mol. The summed E-state index contributed by atoms with van der Waals surface area (Å²) in [6, 6.07) is 8.19. The summed E-state index contributed by atoms with van der Waals surface area (Å²) in [6.07, 6.45) is 4.70. The van der Waals surface area contributed by atoms with E-state index in [1.807, 2.05) is 19.1 Å². The van der Waals surface area contributed by atoms with Gasteiger partial charge in [0.15, 0.2) is 11.5 Å². The molecule has 2 heterocycles. The number of rotatable bonds is 4. The molecule has 0 spiro atoms. The molecule has 2 aliphatic carbocycles. The Morgan fingerprint density at radius 3 is 2.24 bits per heavy atom. The maximum absolute atomic E-state index is 14.1. The Kier molecular flexibility index (Phi) is 4.84. The Labute approximate surface area is 169 Å². The number of aromatic nitrogens is 2. The summed E-state index contributed by atoms with van der Waals surface area (Å²) in [4.78, 5) is 33.9. The second-order valence-electron chi connectivity index (χ2n) is 8.45. The molecule has 2 saturated carbocycles. The summed E-state index contributed by atoms with van der Waals surface area (Å²) in [5.41, 5.74) is 0.802. The van der Waals surface area contributed by atoms with Crippen LogP contribution in [0.15, 0.2) is 30.3 Å². The fraction of sp³-hybridized carbons (Fsp3) is 0.455. The van der Waals surface area contributed by atoms with Gasteiger partial charge in [0.05, 0.1) is 0 Å². The number of amides is 2. The molecule has 6 nitrogen and oxygen atoms in total. The average Bonchev–Trinajstić information content (AvgIpc) is 2.93. The number of pyridine rings is 2. The van der Waals surface area contributed by atoms with Crippen LogP contribution in [0.3, 0.4) is 0 Å². The SMILES string of the molecule is Cc1cccc(C(=O)N[C@@]23CCC[C@](NC(=O)c4nc(C)ccc4F)(CC2)C3)n1. The van der Waals surface area contributed by atoms with Crippen LogP contribution in [0.2, 0.25) is 0 Å². The zero-order valence-electron chi connectivity index (χ0n) is 16.7. The summed E-state index contributed by atoms with van der Waals surface area (Å²) < 4.78 is 14.1. The summed E-state index contributed by atoms with van der Waals surface area (Å²) in [7, 11) is 0. The van der Waals surface area contributed by atoms with Crippen molar-refractivity contribution >= 4 is 11.8 Å². The Balaban J connectivity index is 1.50. The van der Waals surface area contributed by atoms with E-state index in [2.05, 4.69) is 20.6 Å². The van der Waals surface area contributed by atoms with Gasteiger partial charge in [-0.3, -0.25) is 9.59 Å². The molecule has 0 unspecified atom stereocenters. The second-order valence-corrected chi connectivity index (χ2v) is 8.45. The molecule has 152 valence electrons. The van der Waals surface area contributed by atoms with Gasteiger partial charge in [0.1, 0.15) is 5.69 Å². The number of halogens is 1. The van der Waals surface area contributed by atoms with Gasteiger partial charge in [-0.2, -0.15) is 0 Å². The number of carbonyl (C=O) groups excluding carboxylic acids is 2. The van der Waals surface area contributed by atoms with Crippen molar-refractivity contribution in [2.24, 2.45) is 0 Å². The highest BCUT2D eigenvalue weighted by Gasteiger charge is 2.52. The highest BCUT2D eigenvalue weighted by Crippen LogP contribution is 2.48. The summed E-state index contributed by atoms with van der Waals surface area (Å²) in [6.45, 7) is 3.58. The fourth-order valence-electron chi connectivity index (χ4n) is 4.81. The first-order valence-electron chi connectivity index (χ1n) is 10.0. The van der Waals surface area contributed by atoms with Crippen molar-refractivity contribution in [2.75, 3.05) is 0 Å². The van der Waals surface area contributed by atoms with Crippen molar-refractivity contribution < 1.29 is 14.0 Å². The molecule has 0 aliphatic heterocycles. The molecule has 2 aromatic rings. The molecule has 2 atom stereocenters. The number of hydrogen-bond acceptors (Lipinski definition) is 4. The van der Waals surface area contributed by atoms with E-state index in [-0.39, 0.29) is 17.1 Å². The van der Waals surface area contributed by atoms with Gasteiger partial charge in [-0.1, -0.05) is 6.07 Å². The molecule has 0 saturated heterocycles. The van der Waals surface area contributed by atoms with Crippen molar-refractivity contribution in [3.05, 3.63) is 58.9 Å². The van der Waals surface area contributed by atoms with Crippen molar-refractivity contribution in [1.82, 2.24) is 20.6 Å². The van der Waals surface area contributed by atoms with E-state index in [1.165, 1.54) is 6.07 Å². The predicted molar refractivity (Wildman–Crippen MR) is 106 cm³/mol. The first kappa shape index (κ1) is 19.5. The standard InChI is InChI=1S/C22H25FN4O2/c1-14-5-3-6-17(24-14)19(28)26-21-9-4-10-22(13-21,12-11-21)27-20(29)18-16(23)8-7-15(2)25-18/h3,5-8H,4,9-13H2,1-2H3,(H,26,28)(H,27,29)/t21-,22-/m0/s1. The molecule has 2 fully saturated rings. The van der Waals surface area contributed by atoms with E-state index in [1.54, 1.807) is 19.1 Å². The average molecular weight is 396 g/mol. The highest BCUT2D eigenvalue weighted by atomic mass is 19.1. The van der Waals surface area contributed by atoms with Crippen molar-refractivity contribution in [3.63, 3.8) is 0 Å². The lowest BCUT2D eigenvalue weighted by atomic mass is 9.78. The third-order valence-corrected chi connectivity index (χ3v) is 6.15. The largest absolute Gasteiger partial charge is 0.345 e. The number of fused-ring (bicyclic) bond motifs is 2. The van der Waals surface area contributed by atoms with Crippen molar-refractivity contribution in [1.29, 1.82) is 0 Å². The maximum Gasteiger partial charge on any atom is 0.273 e. The van der Waals surface area contributed by atoms with Crippen LogP contribution in [0.5, 0.6) is 0 Å². The molecule has 2 N–H and O–H groups in total. The Morgan fingerprint density at radius 1 is 0.897 bits per heavy atom. The lowest BCUT2D eigenvalue weighted by Gasteiger charge is -2.40. The Morgan fingerprint density at radius 2 is 1.55 bits per heavy atom. The van der Waals surface area contributed by atoms with Crippen LogP contribution in [0.4, 0.5) is 4.39 Å². The van der Waals surface area contributed by atoms with Gasteiger partial charge < -0.3 is 10.6 Å². The molecule has 2 amide bonds. The van der Waals surface area contributed by atoms with Gasteiger partial charge in [-0.15, -0.1) is 0 Å². The minimum atomic E-state index is -0.622. The van der Waals surface area contributed by atoms with Crippen LogP contribution in [0, 0.1) is 19.7 Å². The van der Waals surface area contributed by atoms with Crippen LogP contribution in [0.1, 0.15) is 70.9 Å². The van der Waals surface area contributed by atoms with Gasteiger partial charge in [-0.25, -0.2) is 14.4 Å². The third kappa shape index (κ3) is 3.86. The van der Waals surface area contributed by atoms with Gasteiger partial charge in [-0.05, 0) is 76.6 Å². The van der Waals surface area contributed by atoms with Crippen LogP contribution in [-0.4, -0.2) is 32.9 Å². The van der Waals surface area contributed by atoms with Gasteiger partial charge in [0.25, 0.3) is 11.8 Å². The zero-order valence-corrected chi connectivity index (χ0v) is 16.7. The molecular formula is C22H25FN4O2. The first-order valence-corrected chi connectivity index (χ1v) is 10.0. The maximum atomic E-state index is 14.1. The Bertz CT molecular complexity index is 979. The van der Waals surface area contributed by atoms with Crippen LogP contribution in [-0.2, 0) is 0 Å². The van der Waals surface area contributed by atoms with E-state index in [0.717, 1.165) is 37.8 Å². The fourth-order valence-corrected chi connectivity index (χ4v) is 4.81. The molecule has 2 aromatic heterocycles. The van der Waals surface area contributed by atoms with E-state index in [4.69, 9.17) is 0 Å². The van der Waals surface area contributed by atoms with Crippen molar-refractivity contribution in [2.45, 2.75) is 63.5 Å². The molecule has 7 heteroatoms. The second kappa shape index (κ2) is 7.21. The normalized spacial score (nSPS) is 25.5. The van der Waals surface area contributed by atoms with Gasteiger partial charge in [0.2, 0.25) is 0 Å². The molecule has 2 bridgehead atoms. The van der Waals surface area contributed by atoms with E-state index < -0.39 is 17.3 Å². The molecule has 2 aliphatic rings. The Hall–Kier alpha value is -2.83. The van der Waals surface area contributed by atoms with Crippen LogP contribution < -0.4 is 10.6 Å². The van der Waals surface area contributed by atoms with E-state index >= 15 is 0 Å². The minimum absolute atomic E-state index is 0.171. The number of nitrogens with zero attached hydrogens (tertiary/aromatic N) is 2. The smallest absolute Gasteiger partial charge is 0.273 e. The molecule has 0 aromatic carbocycles. The number of aryl methyl sites for hydroxylation is 2. The topological polar surface area (TPSA) is 84.0 Å². The van der Waals surface area contributed by atoms with Gasteiger partial charge in [0, 0.05) is 22.5 Å². The molecule has 4 rings (SSSR count). The van der Waals surface area contributed by atoms with Crippen LogP contribution >= 0.6 is 0 Å². The summed E-state index contributed by atoms with van der Waals surface area (Å²) in [5.74, 6) is -1.30. The number of hydrogen-bond donors (Lipinski definition) is 2. The van der Waals surface area contributed by atoms with E-state index in [9.17, 15) is 14.0 Å². The lowest BCUT2D eigenvalue weighted by Crippen LogP contribution is -2.55. The quantitative estimate of drug-likeness (QED) is 0.831. The summed E-state index contributed by atoms with van der Waals surface area (Å²) in [5, 5.41) is 6.23. The van der Waals surface area contributed by atoms with E-state index in [0.29, 0.717) is 17.8 Å². The minimum Gasteiger partial charge on any atom is -0.345 e. The molecule has 0 radical (unpaired) electrons. The van der Waals surface area contributed by atoms with Crippen LogP contribution in [0.25, 0.3) is 0 Å². The monoisotopic (exact) mass is 396 g/mol. The first-order chi connectivity index (χ1) is 13.8. The summed E-state index contributed by atoms with van der Waals surface area (Å²) >= 11 is 0. The lowest BCUT2D eigenvalue weighted by molar-refractivity contribution is 0.0824. The number of nitrogens with one attached hydrogen (secondary N) is 2. The zero-order chi connectivity index (χ0) is 20.6. The highest BCUT2D eigenvalue weighted by molar-refractivity contribution is 5.94. The van der Waals surface area contributed by atoms with Crippen molar-refractivity contribution in [3.8, 4) is 0 Å². The van der Waals surface area contributed by atoms with Gasteiger partial charge >= 0.3 is 0 Å². The number of carbonyl (C=O) groups is 2. The molecule has 29 heavy (non-hydrogen) atoms. The predicted octanol–water partition coefficient (Wildman–Crippen LogP) is 3.24.